The summed E-state index contributed by atoms with van der Waals surface area (Å²) in [6, 6.07) is 5.94. The summed E-state index contributed by atoms with van der Waals surface area (Å²) in [6.45, 7) is 0.275. The van der Waals surface area contributed by atoms with E-state index in [1.54, 1.807) is 12.1 Å². The van der Waals surface area contributed by atoms with Crippen molar-refractivity contribution in [3.63, 3.8) is 0 Å². The van der Waals surface area contributed by atoms with E-state index in [0.717, 1.165) is 17.7 Å². The molecule has 1 atom stereocenters. The Kier molecular flexibility index (Phi) is 6.12. The molecule has 1 unspecified atom stereocenters. The van der Waals surface area contributed by atoms with Gasteiger partial charge in [0.1, 0.15) is 11.6 Å². The van der Waals surface area contributed by atoms with Crippen LogP contribution in [0.4, 0.5) is 13.2 Å². The van der Waals surface area contributed by atoms with Crippen LogP contribution >= 0.6 is 0 Å². The fourth-order valence-electron chi connectivity index (χ4n) is 2.18. The predicted molar refractivity (Wildman–Crippen MR) is 87.5 cm³/mol. The Morgan fingerprint density at radius 3 is 2.67 bits per heavy atom. The summed E-state index contributed by atoms with van der Waals surface area (Å²) < 4.78 is 39.7. The topological polar surface area (TPSA) is 32.7 Å². The molecule has 0 aliphatic heterocycles. The smallest absolute Gasteiger partial charge is 0.259 e. The lowest BCUT2D eigenvalue weighted by molar-refractivity contribution is -0.122. The number of aliphatic imine (C=N–C) groups is 1. The molecule has 0 saturated carbocycles. The highest BCUT2D eigenvalue weighted by molar-refractivity contribution is 6.02. The van der Waals surface area contributed by atoms with E-state index in [0.29, 0.717) is 6.42 Å². The van der Waals surface area contributed by atoms with Gasteiger partial charge in [-0.1, -0.05) is 18.2 Å². The van der Waals surface area contributed by atoms with Crippen LogP contribution < -0.4 is 0 Å². The first-order valence-electron chi connectivity index (χ1n) is 7.38. The Labute approximate surface area is 138 Å². The number of allylic oxidation sites excluding steroid dienone is 4. The molecule has 126 valence electrons. The van der Waals surface area contributed by atoms with Crippen LogP contribution in [-0.2, 0) is 11.2 Å². The first-order chi connectivity index (χ1) is 11.5. The zero-order chi connectivity index (χ0) is 17.5. The third-order valence-corrected chi connectivity index (χ3v) is 3.43. The number of nitrogens with zero attached hydrogens (tertiary/aromatic N) is 2. The van der Waals surface area contributed by atoms with Crippen molar-refractivity contribution in [2.45, 2.75) is 12.6 Å². The van der Waals surface area contributed by atoms with Crippen molar-refractivity contribution in [1.29, 1.82) is 0 Å². The number of hydrogen-bond donors (Lipinski definition) is 0. The second-order valence-corrected chi connectivity index (χ2v) is 5.19. The van der Waals surface area contributed by atoms with E-state index < -0.39 is 17.9 Å². The minimum Gasteiger partial charge on any atom is -0.299 e. The van der Waals surface area contributed by atoms with E-state index in [4.69, 9.17) is 0 Å². The van der Waals surface area contributed by atoms with Crippen molar-refractivity contribution in [2.75, 3.05) is 13.6 Å². The number of benzene rings is 1. The number of amides is 1. The maximum atomic E-state index is 13.5. The third kappa shape index (κ3) is 4.68. The number of rotatable bonds is 5. The second kappa shape index (κ2) is 8.29. The lowest BCUT2D eigenvalue weighted by Crippen LogP contribution is -2.32. The normalized spacial score (nSPS) is 17.4. The number of halogens is 3. The minimum atomic E-state index is -1.85. The molecule has 24 heavy (non-hydrogen) atoms. The van der Waals surface area contributed by atoms with Crippen molar-refractivity contribution in [1.82, 2.24) is 4.90 Å². The fraction of sp³-hybridized carbons (Fsp3) is 0.222. The van der Waals surface area contributed by atoms with Crippen LogP contribution in [0.1, 0.15) is 5.56 Å². The Morgan fingerprint density at radius 2 is 2.00 bits per heavy atom. The van der Waals surface area contributed by atoms with Gasteiger partial charge in [-0.05, 0) is 42.3 Å². The molecule has 0 N–H and O–H groups in total. The van der Waals surface area contributed by atoms with E-state index in [-0.39, 0.29) is 17.9 Å². The molecule has 1 aliphatic rings. The van der Waals surface area contributed by atoms with Crippen LogP contribution in [-0.4, -0.2) is 36.9 Å². The number of alkyl halides is 1. The molecular weight excluding hydrogens is 317 g/mol. The molecule has 0 saturated heterocycles. The number of carbonyl (C=O) groups excluding carboxylic acids is 1. The average molecular weight is 334 g/mol. The largest absolute Gasteiger partial charge is 0.299 e. The van der Waals surface area contributed by atoms with Crippen LogP contribution in [0.2, 0.25) is 0 Å². The van der Waals surface area contributed by atoms with Gasteiger partial charge in [0.15, 0.2) is 6.17 Å². The van der Waals surface area contributed by atoms with Crippen molar-refractivity contribution in [3.05, 3.63) is 71.4 Å². The molecular formula is C18H17F3N2O. The average Bonchev–Trinajstić information content (AvgIpc) is 2.74. The van der Waals surface area contributed by atoms with Gasteiger partial charge in [0.2, 0.25) is 0 Å². The molecule has 2 rings (SSSR count). The molecule has 0 radical (unpaired) electrons. The van der Waals surface area contributed by atoms with Crippen molar-refractivity contribution >= 4 is 12.2 Å². The van der Waals surface area contributed by atoms with Crippen LogP contribution in [0.5, 0.6) is 0 Å². The van der Waals surface area contributed by atoms with Gasteiger partial charge in [-0.25, -0.2) is 13.2 Å². The maximum Gasteiger partial charge on any atom is 0.259 e. The molecule has 0 spiro atoms. The van der Waals surface area contributed by atoms with Crippen LogP contribution in [0, 0.1) is 5.82 Å². The van der Waals surface area contributed by atoms with Gasteiger partial charge < -0.3 is 0 Å². The molecule has 0 fully saturated rings. The molecule has 3 nitrogen and oxygen atoms in total. The van der Waals surface area contributed by atoms with E-state index in [2.05, 4.69) is 4.99 Å². The van der Waals surface area contributed by atoms with E-state index >= 15 is 0 Å². The van der Waals surface area contributed by atoms with Gasteiger partial charge >= 0.3 is 0 Å². The number of carbonyl (C=O) groups is 1. The molecule has 1 amide bonds. The molecule has 0 heterocycles. The lowest BCUT2D eigenvalue weighted by Gasteiger charge is -2.18. The van der Waals surface area contributed by atoms with Gasteiger partial charge in [-0.15, -0.1) is 0 Å². The van der Waals surface area contributed by atoms with Crippen molar-refractivity contribution < 1.29 is 18.0 Å². The molecule has 1 aromatic carbocycles. The lowest BCUT2D eigenvalue weighted by atomic mass is 10.1. The van der Waals surface area contributed by atoms with E-state index in [1.807, 2.05) is 0 Å². The summed E-state index contributed by atoms with van der Waals surface area (Å²) in [5, 5.41) is 0. The van der Waals surface area contributed by atoms with E-state index in [9.17, 15) is 18.0 Å². The van der Waals surface area contributed by atoms with Gasteiger partial charge in [-0.2, -0.15) is 0 Å². The standard InChI is InChI=1S/C18H17F3N2O/c1-22-12-23(10-9-13-5-7-15(19)8-6-13)18(24)14-3-2-4-16(20)17(21)11-14/h2-8,11-12,16H,9-10H2,1H3. The Morgan fingerprint density at radius 1 is 1.29 bits per heavy atom. The maximum absolute atomic E-state index is 13.5. The van der Waals surface area contributed by atoms with Crippen molar-refractivity contribution in [3.8, 4) is 0 Å². The Hall–Kier alpha value is -2.63. The summed E-state index contributed by atoms with van der Waals surface area (Å²) in [6.07, 6.45) is 4.54. The molecule has 0 aromatic heterocycles. The summed E-state index contributed by atoms with van der Waals surface area (Å²) in [4.78, 5) is 17.6. The quantitative estimate of drug-likeness (QED) is 0.599. The van der Waals surface area contributed by atoms with E-state index in [1.165, 1.54) is 42.6 Å². The summed E-state index contributed by atoms with van der Waals surface area (Å²) in [5.41, 5.74) is 0.877. The third-order valence-electron chi connectivity index (χ3n) is 3.43. The SMILES string of the molecule is CN=CN(CCc1ccc(F)cc1)C(=O)C1=CC=CC(F)C(F)=C1. The highest BCUT2D eigenvalue weighted by Crippen LogP contribution is 2.18. The summed E-state index contributed by atoms with van der Waals surface area (Å²) >= 11 is 0. The van der Waals surface area contributed by atoms with Gasteiger partial charge in [0.05, 0.1) is 6.34 Å². The van der Waals surface area contributed by atoms with Crippen LogP contribution in [0.3, 0.4) is 0 Å². The zero-order valence-electron chi connectivity index (χ0n) is 13.1. The fourth-order valence-corrected chi connectivity index (χ4v) is 2.18. The summed E-state index contributed by atoms with van der Waals surface area (Å²) in [5.74, 6) is -1.84. The molecule has 0 bridgehead atoms. The predicted octanol–water partition coefficient (Wildman–Crippen LogP) is 3.54. The zero-order valence-corrected chi connectivity index (χ0v) is 13.1. The number of hydrogen-bond acceptors (Lipinski definition) is 2. The first-order valence-corrected chi connectivity index (χ1v) is 7.38. The monoisotopic (exact) mass is 334 g/mol. The molecule has 6 heteroatoms. The van der Waals surface area contributed by atoms with Crippen LogP contribution in [0.15, 0.2) is 65.0 Å². The van der Waals surface area contributed by atoms with Gasteiger partial charge in [-0.3, -0.25) is 14.7 Å². The highest BCUT2D eigenvalue weighted by Gasteiger charge is 2.19. The van der Waals surface area contributed by atoms with Crippen molar-refractivity contribution in [2.24, 2.45) is 4.99 Å². The van der Waals surface area contributed by atoms with Gasteiger partial charge in [0.25, 0.3) is 5.91 Å². The first kappa shape index (κ1) is 17.7. The van der Waals surface area contributed by atoms with Crippen LogP contribution in [0.25, 0.3) is 0 Å². The Balaban J connectivity index is 2.12. The molecule has 1 aliphatic carbocycles. The van der Waals surface area contributed by atoms with Gasteiger partial charge in [0, 0.05) is 19.2 Å². The summed E-state index contributed by atoms with van der Waals surface area (Å²) in [7, 11) is 1.51. The second-order valence-electron chi connectivity index (χ2n) is 5.19. The Bertz CT molecular complexity index is 705. The minimum absolute atomic E-state index is 0.0305. The molecule has 1 aromatic rings. The highest BCUT2D eigenvalue weighted by atomic mass is 19.2.